The van der Waals surface area contributed by atoms with Gasteiger partial charge in [0.05, 0.1) is 5.56 Å². The van der Waals surface area contributed by atoms with Crippen molar-refractivity contribution in [3.05, 3.63) is 33.9 Å². The van der Waals surface area contributed by atoms with Crippen molar-refractivity contribution in [1.82, 2.24) is 9.88 Å². The molecule has 1 aliphatic rings. The standard InChI is InChI=1S/C12H14BrN3O/c1-8-2-4-16(5-3-8)12(17)9-6-11(14)15-7-10(9)13/h2,6-7H,3-5H2,1H3,(H2,14,15). The Kier molecular flexibility index (Phi) is 3.47. The van der Waals surface area contributed by atoms with E-state index in [0.29, 0.717) is 22.4 Å². The Balaban J connectivity index is 2.23. The summed E-state index contributed by atoms with van der Waals surface area (Å²) in [5.74, 6) is 0.356. The van der Waals surface area contributed by atoms with E-state index in [9.17, 15) is 4.79 Å². The summed E-state index contributed by atoms with van der Waals surface area (Å²) < 4.78 is 0.683. The van der Waals surface area contributed by atoms with Crippen LogP contribution in [0, 0.1) is 0 Å². The molecule has 0 bridgehead atoms. The van der Waals surface area contributed by atoms with E-state index in [1.165, 1.54) is 5.57 Å². The Morgan fingerprint density at radius 3 is 3.00 bits per heavy atom. The molecule has 2 rings (SSSR count). The molecule has 0 atom stereocenters. The number of carbonyl (C=O) groups excluding carboxylic acids is 1. The average molecular weight is 296 g/mol. The third-order valence-electron chi connectivity index (χ3n) is 2.83. The second-order valence-corrected chi connectivity index (χ2v) is 4.99. The van der Waals surface area contributed by atoms with Gasteiger partial charge in [-0.25, -0.2) is 4.98 Å². The van der Waals surface area contributed by atoms with Gasteiger partial charge in [0, 0.05) is 23.8 Å². The molecule has 1 aromatic rings. The average Bonchev–Trinajstić information content (AvgIpc) is 2.32. The van der Waals surface area contributed by atoms with Crippen LogP contribution in [-0.4, -0.2) is 28.9 Å². The van der Waals surface area contributed by atoms with Crippen LogP contribution in [0.3, 0.4) is 0 Å². The fraction of sp³-hybridized carbons (Fsp3) is 0.333. The van der Waals surface area contributed by atoms with Crippen LogP contribution in [0.1, 0.15) is 23.7 Å². The van der Waals surface area contributed by atoms with Crippen molar-refractivity contribution >= 4 is 27.7 Å². The molecular formula is C12H14BrN3O. The molecule has 4 nitrogen and oxygen atoms in total. The highest BCUT2D eigenvalue weighted by Crippen LogP contribution is 2.21. The molecule has 17 heavy (non-hydrogen) atoms. The molecule has 1 aromatic heterocycles. The summed E-state index contributed by atoms with van der Waals surface area (Å²) in [5, 5.41) is 0. The molecule has 0 saturated carbocycles. The molecule has 0 aliphatic carbocycles. The molecule has 1 aliphatic heterocycles. The highest BCUT2D eigenvalue weighted by atomic mass is 79.9. The number of amides is 1. The number of halogens is 1. The van der Waals surface area contributed by atoms with Crippen LogP contribution >= 0.6 is 15.9 Å². The zero-order chi connectivity index (χ0) is 12.4. The number of aromatic nitrogens is 1. The van der Waals surface area contributed by atoms with Crippen molar-refractivity contribution in [2.45, 2.75) is 13.3 Å². The van der Waals surface area contributed by atoms with E-state index >= 15 is 0 Å². The number of hydrogen-bond donors (Lipinski definition) is 1. The molecule has 0 fully saturated rings. The normalized spacial score (nSPS) is 15.6. The topological polar surface area (TPSA) is 59.2 Å². The van der Waals surface area contributed by atoms with Gasteiger partial charge in [0.2, 0.25) is 0 Å². The second kappa shape index (κ2) is 4.87. The van der Waals surface area contributed by atoms with E-state index < -0.39 is 0 Å². The van der Waals surface area contributed by atoms with Crippen LogP contribution < -0.4 is 5.73 Å². The lowest BCUT2D eigenvalue weighted by Gasteiger charge is -2.25. The van der Waals surface area contributed by atoms with Crippen LogP contribution in [-0.2, 0) is 0 Å². The van der Waals surface area contributed by atoms with Gasteiger partial charge >= 0.3 is 0 Å². The smallest absolute Gasteiger partial charge is 0.255 e. The third-order valence-corrected chi connectivity index (χ3v) is 3.46. The maximum atomic E-state index is 12.3. The van der Waals surface area contributed by atoms with E-state index in [4.69, 9.17) is 5.73 Å². The van der Waals surface area contributed by atoms with Crippen LogP contribution in [0.5, 0.6) is 0 Å². The minimum Gasteiger partial charge on any atom is -0.384 e. The lowest BCUT2D eigenvalue weighted by atomic mass is 10.1. The maximum Gasteiger partial charge on any atom is 0.255 e. The first kappa shape index (κ1) is 12.1. The number of carbonyl (C=O) groups is 1. The predicted molar refractivity (Wildman–Crippen MR) is 70.6 cm³/mol. The number of pyridine rings is 1. The molecule has 0 spiro atoms. The van der Waals surface area contributed by atoms with Crippen LogP contribution in [0.4, 0.5) is 5.82 Å². The number of nitrogens with two attached hydrogens (primary N) is 1. The molecule has 90 valence electrons. The molecule has 1 amide bonds. The Bertz CT molecular complexity index is 485. The predicted octanol–water partition coefficient (Wildman–Crippen LogP) is 2.22. The highest BCUT2D eigenvalue weighted by molar-refractivity contribution is 9.10. The number of nitrogen functional groups attached to an aromatic ring is 1. The Labute approximate surface area is 109 Å². The fourth-order valence-electron chi connectivity index (χ4n) is 1.74. The van der Waals surface area contributed by atoms with Gasteiger partial charge in [-0.05, 0) is 35.3 Å². The van der Waals surface area contributed by atoms with Gasteiger partial charge in [0.15, 0.2) is 0 Å². The van der Waals surface area contributed by atoms with Gasteiger partial charge in [0.25, 0.3) is 5.91 Å². The van der Waals surface area contributed by atoms with Gasteiger partial charge in [-0.1, -0.05) is 11.6 Å². The molecular weight excluding hydrogens is 282 g/mol. The first-order chi connectivity index (χ1) is 8.08. The Hall–Kier alpha value is -1.36. The second-order valence-electron chi connectivity index (χ2n) is 4.14. The van der Waals surface area contributed by atoms with Crippen LogP contribution in [0.2, 0.25) is 0 Å². The van der Waals surface area contributed by atoms with Gasteiger partial charge in [-0.15, -0.1) is 0 Å². The van der Waals surface area contributed by atoms with E-state index in [2.05, 4.69) is 33.9 Å². The number of anilines is 1. The molecule has 0 saturated heterocycles. The monoisotopic (exact) mass is 295 g/mol. The summed E-state index contributed by atoms with van der Waals surface area (Å²) in [4.78, 5) is 18.0. The Morgan fingerprint density at radius 2 is 2.35 bits per heavy atom. The number of rotatable bonds is 1. The lowest BCUT2D eigenvalue weighted by molar-refractivity contribution is 0.0768. The fourth-order valence-corrected chi connectivity index (χ4v) is 2.13. The largest absolute Gasteiger partial charge is 0.384 e. The summed E-state index contributed by atoms with van der Waals surface area (Å²) in [6.45, 7) is 3.51. The van der Waals surface area contributed by atoms with E-state index in [-0.39, 0.29) is 5.91 Å². The SMILES string of the molecule is CC1=CCN(C(=O)c2cc(N)ncc2Br)CC1. The molecule has 0 radical (unpaired) electrons. The van der Waals surface area contributed by atoms with E-state index in [0.717, 1.165) is 13.0 Å². The van der Waals surface area contributed by atoms with Gasteiger partial charge in [0.1, 0.15) is 5.82 Å². The zero-order valence-electron chi connectivity index (χ0n) is 9.61. The number of nitrogens with zero attached hydrogens (tertiary/aromatic N) is 2. The number of hydrogen-bond acceptors (Lipinski definition) is 3. The van der Waals surface area contributed by atoms with Crippen molar-refractivity contribution in [1.29, 1.82) is 0 Å². The summed E-state index contributed by atoms with van der Waals surface area (Å²) in [7, 11) is 0. The van der Waals surface area contributed by atoms with Gasteiger partial charge in [-0.2, -0.15) is 0 Å². The Morgan fingerprint density at radius 1 is 1.59 bits per heavy atom. The van der Waals surface area contributed by atoms with Crippen molar-refractivity contribution in [2.75, 3.05) is 18.8 Å². The molecule has 2 heterocycles. The lowest BCUT2D eigenvalue weighted by Crippen LogP contribution is -2.34. The van der Waals surface area contributed by atoms with Gasteiger partial charge in [-0.3, -0.25) is 4.79 Å². The van der Waals surface area contributed by atoms with Crippen molar-refractivity contribution in [2.24, 2.45) is 0 Å². The summed E-state index contributed by atoms with van der Waals surface area (Å²) >= 11 is 3.33. The van der Waals surface area contributed by atoms with Crippen molar-refractivity contribution in [3.8, 4) is 0 Å². The van der Waals surface area contributed by atoms with E-state index in [1.54, 1.807) is 12.3 Å². The third kappa shape index (κ3) is 2.66. The van der Waals surface area contributed by atoms with E-state index in [1.807, 2.05) is 4.90 Å². The summed E-state index contributed by atoms with van der Waals surface area (Å²) in [6.07, 6.45) is 4.58. The minimum absolute atomic E-state index is 0.00488. The van der Waals surface area contributed by atoms with Crippen LogP contribution in [0.15, 0.2) is 28.4 Å². The maximum absolute atomic E-state index is 12.3. The minimum atomic E-state index is -0.00488. The van der Waals surface area contributed by atoms with Crippen molar-refractivity contribution in [3.63, 3.8) is 0 Å². The molecule has 5 heteroatoms. The first-order valence-electron chi connectivity index (χ1n) is 5.44. The van der Waals surface area contributed by atoms with Crippen molar-refractivity contribution < 1.29 is 4.79 Å². The zero-order valence-corrected chi connectivity index (χ0v) is 11.2. The summed E-state index contributed by atoms with van der Waals surface area (Å²) in [6, 6.07) is 1.61. The van der Waals surface area contributed by atoms with Gasteiger partial charge < -0.3 is 10.6 Å². The highest BCUT2D eigenvalue weighted by Gasteiger charge is 2.20. The molecule has 0 unspecified atom stereocenters. The molecule has 0 aromatic carbocycles. The first-order valence-corrected chi connectivity index (χ1v) is 6.23. The van der Waals surface area contributed by atoms with Crippen LogP contribution in [0.25, 0.3) is 0 Å². The molecule has 2 N–H and O–H groups in total. The quantitative estimate of drug-likeness (QED) is 0.808. The summed E-state index contributed by atoms with van der Waals surface area (Å²) in [5.41, 5.74) is 7.51.